The molecule has 17 heavy (non-hydrogen) atoms. The Labute approximate surface area is 97.8 Å². The molecule has 3 N–H and O–H groups in total. The van der Waals surface area contributed by atoms with Crippen LogP contribution in [0.4, 0.5) is 11.7 Å². The van der Waals surface area contributed by atoms with E-state index in [2.05, 4.69) is 15.5 Å². The highest BCUT2D eigenvalue weighted by atomic mass is 16.5. The van der Waals surface area contributed by atoms with E-state index in [1.165, 1.54) is 0 Å². The summed E-state index contributed by atoms with van der Waals surface area (Å²) in [6.45, 7) is 3.54. The number of aryl methyl sites for hydroxylation is 2. The van der Waals surface area contributed by atoms with E-state index in [1.807, 2.05) is 6.92 Å². The molecular weight excluding hydrogens is 220 g/mol. The molecule has 1 amide bonds. The summed E-state index contributed by atoms with van der Waals surface area (Å²) in [5, 5.41) is 6.07. The Balaban J connectivity index is 2.19. The first-order valence-corrected chi connectivity index (χ1v) is 5.03. The van der Waals surface area contributed by atoms with Crippen molar-refractivity contribution in [2.45, 2.75) is 13.8 Å². The van der Waals surface area contributed by atoms with Crippen LogP contribution in [0.1, 0.15) is 21.7 Å². The van der Waals surface area contributed by atoms with Crippen LogP contribution in [0.5, 0.6) is 0 Å². The maximum atomic E-state index is 11.8. The van der Waals surface area contributed by atoms with Crippen LogP contribution < -0.4 is 11.1 Å². The van der Waals surface area contributed by atoms with Gasteiger partial charge < -0.3 is 10.3 Å². The van der Waals surface area contributed by atoms with Crippen molar-refractivity contribution in [1.82, 2.24) is 10.1 Å². The van der Waals surface area contributed by atoms with Crippen LogP contribution >= 0.6 is 0 Å². The van der Waals surface area contributed by atoms with Gasteiger partial charge in [-0.25, -0.2) is 0 Å². The Bertz CT molecular complexity index is 542. The van der Waals surface area contributed by atoms with Gasteiger partial charge in [0, 0.05) is 11.3 Å². The fourth-order valence-corrected chi connectivity index (χ4v) is 1.46. The van der Waals surface area contributed by atoms with Crippen molar-refractivity contribution in [2.24, 2.45) is 0 Å². The fourth-order valence-electron chi connectivity index (χ4n) is 1.46. The van der Waals surface area contributed by atoms with Gasteiger partial charge in [-0.1, -0.05) is 5.16 Å². The van der Waals surface area contributed by atoms with Crippen LogP contribution in [0.25, 0.3) is 0 Å². The molecule has 6 nitrogen and oxygen atoms in total. The Hall–Kier alpha value is -2.37. The largest absolute Gasteiger partial charge is 0.399 e. The number of nitrogens with one attached hydrogen (secondary N) is 1. The molecule has 6 heteroatoms. The van der Waals surface area contributed by atoms with Gasteiger partial charge in [0.05, 0.1) is 0 Å². The maximum Gasteiger partial charge on any atom is 0.328 e. The number of amides is 1. The molecule has 0 radical (unpaired) electrons. The predicted molar refractivity (Wildman–Crippen MR) is 62.6 cm³/mol. The standard InChI is InChI=1S/C11H12N4O2/c1-6-3-8(5-9(12)4-6)10(16)14-11-13-7(2)15-17-11/h3-5H,12H2,1-2H3,(H,13,14,15,16). The monoisotopic (exact) mass is 232 g/mol. The zero-order valence-corrected chi connectivity index (χ0v) is 9.52. The number of nitrogens with zero attached hydrogens (tertiary/aromatic N) is 2. The van der Waals surface area contributed by atoms with Crippen molar-refractivity contribution in [3.63, 3.8) is 0 Å². The lowest BCUT2D eigenvalue weighted by molar-refractivity contribution is 0.102. The van der Waals surface area contributed by atoms with E-state index < -0.39 is 0 Å². The summed E-state index contributed by atoms with van der Waals surface area (Å²) in [6, 6.07) is 5.18. The molecule has 1 aromatic heterocycles. The van der Waals surface area contributed by atoms with Crippen LogP contribution in [0.3, 0.4) is 0 Å². The van der Waals surface area contributed by atoms with E-state index >= 15 is 0 Å². The summed E-state index contributed by atoms with van der Waals surface area (Å²) in [7, 11) is 0. The van der Waals surface area contributed by atoms with Gasteiger partial charge in [-0.15, -0.1) is 0 Å². The molecule has 0 spiro atoms. The third-order valence-electron chi connectivity index (χ3n) is 2.11. The summed E-state index contributed by atoms with van der Waals surface area (Å²) in [5.41, 5.74) is 7.57. The van der Waals surface area contributed by atoms with Gasteiger partial charge in [0.1, 0.15) is 0 Å². The lowest BCUT2D eigenvalue weighted by Crippen LogP contribution is -2.12. The number of carbonyl (C=O) groups is 1. The third kappa shape index (κ3) is 2.60. The Kier molecular flexibility index (Phi) is 2.78. The zero-order valence-electron chi connectivity index (χ0n) is 9.52. The van der Waals surface area contributed by atoms with Gasteiger partial charge in [-0.2, -0.15) is 4.98 Å². The van der Waals surface area contributed by atoms with Crippen LogP contribution in [0.15, 0.2) is 22.7 Å². The summed E-state index contributed by atoms with van der Waals surface area (Å²) in [4.78, 5) is 15.7. The molecule has 0 atom stereocenters. The number of hydrogen-bond donors (Lipinski definition) is 2. The number of nitrogen functional groups attached to an aromatic ring is 1. The predicted octanol–water partition coefficient (Wildman–Crippen LogP) is 1.52. The zero-order chi connectivity index (χ0) is 12.4. The number of aromatic nitrogens is 2. The first-order valence-electron chi connectivity index (χ1n) is 5.03. The number of anilines is 2. The summed E-state index contributed by atoms with van der Waals surface area (Å²) in [5.74, 6) is 0.133. The second kappa shape index (κ2) is 4.25. The maximum absolute atomic E-state index is 11.8. The number of hydrogen-bond acceptors (Lipinski definition) is 5. The minimum atomic E-state index is -0.330. The molecule has 1 heterocycles. The fraction of sp³-hybridized carbons (Fsp3) is 0.182. The Morgan fingerprint density at radius 2 is 2.12 bits per heavy atom. The third-order valence-corrected chi connectivity index (χ3v) is 2.11. The quantitative estimate of drug-likeness (QED) is 0.765. The van der Waals surface area contributed by atoms with E-state index in [0.717, 1.165) is 5.56 Å². The molecule has 2 rings (SSSR count). The van der Waals surface area contributed by atoms with E-state index in [-0.39, 0.29) is 11.9 Å². The highest BCUT2D eigenvalue weighted by molar-refractivity contribution is 6.03. The molecule has 0 aliphatic rings. The molecule has 1 aromatic carbocycles. The average Bonchev–Trinajstić information content (AvgIpc) is 2.62. The van der Waals surface area contributed by atoms with E-state index in [0.29, 0.717) is 17.1 Å². The highest BCUT2D eigenvalue weighted by Crippen LogP contribution is 2.13. The molecular formula is C11H12N4O2. The van der Waals surface area contributed by atoms with E-state index in [4.69, 9.17) is 10.3 Å². The van der Waals surface area contributed by atoms with Crippen LogP contribution in [-0.2, 0) is 0 Å². The molecule has 2 aromatic rings. The average molecular weight is 232 g/mol. The topological polar surface area (TPSA) is 94.0 Å². The number of carbonyl (C=O) groups excluding carboxylic acids is 1. The number of benzene rings is 1. The minimum Gasteiger partial charge on any atom is -0.399 e. The van der Waals surface area contributed by atoms with Crippen molar-refractivity contribution < 1.29 is 9.32 Å². The lowest BCUT2D eigenvalue weighted by atomic mass is 10.1. The lowest BCUT2D eigenvalue weighted by Gasteiger charge is -2.03. The van der Waals surface area contributed by atoms with Gasteiger partial charge in [0.15, 0.2) is 5.82 Å². The Morgan fingerprint density at radius 1 is 1.35 bits per heavy atom. The number of nitrogens with two attached hydrogens (primary N) is 1. The van der Waals surface area contributed by atoms with E-state index in [9.17, 15) is 4.79 Å². The summed E-state index contributed by atoms with van der Waals surface area (Å²) >= 11 is 0. The van der Waals surface area contributed by atoms with Crippen molar-refractivity contribution in [1.29, 1.82) is 0 Å². The van der Waals surface area contributed by atoms with Gasteiger partial charge >= 0.3 is 6.01 Å². The number of rotatable bonds is 2. The second-order valence-electron chi connectivity index (χ2n) is 3.73. The Morgan fingerprint density at radius 3 is 2.71 bits per heavy atom. The smallest absolute Gasteiger partial charge is 0.328 e. The van der Waals surface area contributed by atoms with Crippen molar-refractivity contribution in [2.75, 3.05) is 11.1 Å². The van der Waals surface area contributed by atoms with Crippen LogP contribution in [0, 0.1) is 13.8 Å². The molecule has 0 aliphatic heterocycles. The molecule has 88 valence electrons. The van der Waals surface area contributed by atoms with Crippen molar-refractivity contribution >= 4 is 17.6 Å². The van der Waals surface area contributed by atoms with E-state index in [1.54, 1.807) is 25.1 Å². The van der Waals surface area contributed by atoms with Gasteiger partial charge in [0.2, 0.25) is 0 Å². The molecule has 0 saturated heterocycles. The molecule has 0 saturated carbocycles. The molecule has 0 fully saturated rings. The SMILES string of the molecule is Cc1cc(N)cc(C(=O)Nc2nc(C)no2)c1. The first kappa shape index (κ1) is 11.1. The molecule has 0 bridgehead atoms. The van der Waals surface area contributed by atoms with Gasteiger partial charge in [0.25, 0.3) is 5.91 Å². The molecule has 0 unspecified atom stereocenters. The first-order chi connectivity index (χ1) is 8.04. The minimum absolute atomic E-state index is 0.0765. The summed E-state index contributed by atoms with van der Waals surface area (Å²) in [6.07, 6.45) is 0. The summed E-state index contributed by atoms with van der Waals surface area (Å²) < 4.78 is 4.79. The van der Waals surface area contributed by atoms with Crippen molar-refractivity contribution in [3.05, 3.63) is 35.2 Å². The van der Waals surface area contributed by atoms with Crippen molar-refractivity contribution in [3.8, 4) is 0 Å². The second-order valence-corrected chi connectivity index (χ2v) is 3.73. The van der Waals surface area contributed by atoms with Crippen LogP contribution in [-0.4, -0.2) is 16.0 Å². The highest BCUT2D eigenvalue weighted by Gasteiger charge is 2.11. The van der Waals surface area contributed by atoms with Crippen LogP contribution in [0.2, 0.25) is 0 Å². The normalized spacial score (nSPS) is 10.2. The van der Waals surface area contributed by atoms with Gasteiger partial charge in [-0.3, -0.25) is 10.1 Å². The van der Waals surface area contributed by atoms with Gasteiger partial charge in [-0.05, 0) is 37.6 Å². The molecule has 0 aliphatic carbocycles.